The van der Waals surface area contributed by atoms with Gasteiger partial charge in [0.05, 0.1) is 16.8 Å². The van der Waals surface area contributed by atoms with Gasteiger partial charge in [-0.3, -0.25) is 9.78 Å². The molecular formula is C24H26N4O. The maximum absolute atomic E-state index is 12.5. The van der Waals surface area contributed by atoms with Gasteiger partial charge in [-0.05, 0) is 57.0 Å². The number of aromatic nitrogens is 1. The fraction of sp³-hybridized carbons (Fsp3) is 0.292. The highest BCUT2D eigenvalue weighted by molar-refractivity contribution is 5.96. The topological polar surface area (TPSA) is 69.0 Å². The Bertz CT molecular complexity index is 1080. The second kappa shape index (κ2) is 8.74. The third-order valence-electron chi connectivity index (χ3n) is 5.15. The molecule has 2 aromatic carbocycles. The van der Waals surface area contributed by atoms with Crippen LogP contribution in [0.1, 0.15) is 46.5 Å². The molecule has 0 spiro atoms. The molecule has 0 aliphatic carbocycles. The molecule has 0 aliphatic heterocycles. The quantitative estimate of drug-likeness (QED) is 0.659. The van der Waals surface area contributed by atoms with E-state index < -0.39 is 0 Å². The first-order chi connectivity index (χ1) is 14.0. The predicted octanol–water partition coefficient (Wildman–Crippen LogP) is 4.82. The zero-order chi connectivity index (χ0) is 21.0. The lowest BCUT2D eigenvalue weighted by Gasteiger charge is -2.18. The number of rotatable bonds is 6. The van der Waals surface area contributed by atoms with Crippen LogP contribution in [0.5, 0.6) is 0 Å². The number of hydrogen-bond acceptors (Lipinski definition) is 4. The number of benzene rings is 2. The molecule has 0 radical (unpaired) electrons. The van der Waals surface area contributed by atoms with Crippen LogP contribution in [-0.2, 0) is 6.54 Å². The number of carbonyl (C=O) groups is 1. The fourth-order valence-corrected chi connectivity index (χ4v) is 3.58. The molecule has 148 valence electrons. The van der Waals surface area contributed by atoms with E-state index in [1.807, 2.05) is 52.0 Å². The molecule has 3 aromatic rings. The summed E-state index contributed by atoms with van der Waals surface area (Å²) in [5, 5.41) is 13.9. The van der Waals surface area contributed by atoms with Crippen molar-refractivity contribution in [2.45, 2.75) is 34.2 Å². The summed E-state index contributed by atoms with van der Waals surface area (Å²) in [6.45, 7) is 9.99. The standard InChI is InChI=1S/C24H26N4O/c1-5-28(6-2)24(29)19-9-7-18(8-10-19)14-26-23-20(13-25)15-27-22-17(4)11-16(3)12-21(22)23/h7-12,15H,5-6,14H2,1-4H3,(H,26,27). The smallest absolute Gasteiger partial charge is 0.253 e. The zero-order valence-corrected chi connectivity index (χ0v) is 17.4. The molecule has 5 nitrogen and oxygen atoms in total. The maximum Gasteiger partial charge on any atom is 0.253 e. The van der Waals surface area contributed by atoms with Crippen LogP contribution in [0.15, 0.2) is 42.6 Å². The van der Waals surface area contributed by atoms with Crippen molar-refractivity contribution in [3.8, 4) is 6.07 Å². The number of hydrogen-bond donors (Lipinski definition) is 1. The highest BCUT2D eigenvalue weighted by Crippen LogP contribution is 2.29. The first kappa shape index (κ1) is 20.3. The largest absolute Gasteiger partial charge is 0.379 e. The van der Waals surface area contributed by atoms with Crippen LogP contribution < -0.4 is 5.32 Å². The Morgan fingerprint density at radius 2 is 1.83 bits per heavy atom. The third kappa shape index (κ3) is 4.22. The van der Waals surface area contributed by atoms with Crippen LogP contribution in [0, 0.1) is 25.2 Å². The summed E-state index contributed by atoms with van der Waals surface area (Å²) in [5.41, 5.74) is 6.18. The summed E-state index contributed by atoms with van der Waals surface area (Å²) in [4.78, 5) is 18.7. The molecule has 5 heteroatoms. The molecule has 0 fully saturated rings. The highest BCUT2D eigenvalue weighted by atomic mass is 16.2. The first-order valence-electron chi connectivity index (χ1n) is 9.90. The van der Waals surface area contributed by atoms with Gasteiger partial charge in [0.25, 0.3) is 5.91 Å². The van der Waals surface area contributed by atoms with E-state index in [0.29, 0.717) is 30.8 Å². The summed E-state index contributed by atoms with van der Waals surface area (Å²) in [6.07, 6.45) is 1.62. The molecule has 0 aliphatic rings. The van der Waals surface area contributed by atoms with E-state index in [4.69, 9.17) is 0 Å². The number of fused-ring (bicyclic) bond motifs is 1. The van der Waals surface area contributed by atoms with E-state index in [-0.39, 0.29) is 5.91 Å². The number of carbonyl (C=O) groups excluding carboxylic acids is 1. The second-order valence-electron chi connectivity index (χ2n) is 7.16. The monoisotopic (exact) mass is 386 g/mol. The van der Waals surface area contributed by atoms with Gasteiger partial charge in [-0.15, -0.1) is 0 Å². The van der Waals surface area contributed by atoms with Gasteiger partial charge in [0.15, 0.2) is 0 Å². The molecule has 1 N–H and O–H groups in total. The van der Waals surface area contributed by atoms with Crippen molar-refractivity contribution in [1.82, 2.24) is 9.88 Å². The van der Waals surface area contributed by atoms with Gasteiger partial charge in [-0.25, -0.2) is 0 Å². The zero-order valence-electron chi connectivity index (χ0n) is 17.4. The van der Waals surface area contributed by atoms with Crippen LogP contribution in [-0.4, -0.2) is 28.9 Å². The number of aryl methyl sites for hydroxylation is 2. The molecule has 1 aromatic heterocycles. The average molecular weight is 386 g/mol. The van der Waals surface area contributed by atoms with Crippen LogP contribution in [0.3, 0.4) is 0 Å². The summed E-state index contributed by atoms with van der Waals surface area (Å²) in [5.74, 6) is 0.0485. The number of nitrogens with one attached hydrogen (secondary N) is 1. The van der Waals surface area contributed by atoms with E-state index in [1.54, 1.807) is 11.1 Å². The van der Waals surface area contributed by atoms with Crippen molar-refractivity contribution in [2.24, 2.45) is 0 Å². The second-order valence-corrected chi connectivity index (χ2v) is 7.16. The summed E-state index contributed by atoms with van der Waals surface area (Å²) < 4.78 is 0. The number of pyridine rings is 1. The van der Waals surface area contributed by atoms with Gasteiger partial charge < -0.3 is 10.2 Å². The van der Waals surface area contributed by atoms with Crippen molar-refractivity contribution in [3.05, 3.63) is 70.4 Å². The minimum absolute atomic E-state index is 0.0485. The van der Waals surface area contributed by atoms with Gasteiger partial charge in [0.1, 0.15) is 6.07 Å². The Balaban J connectivity index is 1.86. The normalized spacial score (nSPS) is 10.6. The number of amides is 1. The van der Waals surface area contributed by atoms with Gasteiger partial charge in [-0.2, -0.15) is 5.26 Å². The molecule has 0 atom stereocenters. The van der Waals surface area contributed by atoms with E-state index in [0.717, 1.165) is 33.3 Å². The number of anilines is 1. The molecule has 0 saturated heterocycles. The lowest BCUT2D eigenvalue weighted by Crippen LogP contribution is -2.30. The van der Waals surface area contributed by atoms with Crippen molar-refractivity contribution >= 4 is 22.5 Å². The summed E-state index contributed by atoms with van der Waals surface area (Å²) in [6, 6.07) is 14.0. The molecule has 29 heavy (non-hydrogen) atoms. The molecule has 1 heterocycles. The van der Waals surface area contributed by atoms with Gasteiger partial charge in [-0.1, -0.05) is 23.8 Å². The van der Waals surface area contributed by atoms with Crippen molar-refractivity contribution < 1.29 is 4.79 Å². The Kier molecular flexibility index (Phi) is 6.13. The van der Waals surface area contributed by atoms with Crippen LogP contribution in [0.4, 0.5) is 5.69 Å². The van der Waals surface area contributed by atoms with E-state index in [2.05, 4.69) is 28.5 Å². The minimum Gasteiger partial charge on any atom is -0.379 e. The molecule has 0 unspecified atom stereocenters. The van der Waals surface area contributed by atoms with Crippen LogP contribution >= 0.6 is 0 Å². The lowest BCUT2D eigenvalue weighted by atomic mass is 10.0. The first-order valence-corrected chi connectivity index (χ1v) is 9.90. The molecule has 1 amide bonds. The van der Waals surface area contributed by atoms with Crippen molar-refractivity contribution in [3.63, 3.8) is 0 Å². The van der Waals surface area contributed by atoms with Crippen LogP contribution in [0.2, 0.25) is 0 Å². The van der Waals surface area contributed by atoms with Crippen molar-refractivity contribution in [2.75, 3.05) is 18.4 Å². The minimum atomic E-state index is 0.0485. The van der Waals surface area contributed by atoms with E-state index in [1.165, 1.54) is 0 Å². The maximum atomic E-state index is 12.5. The Hall–Kier alpha value is -3.39. The van der Waals surface area contributed by atoms with Crippen LogP contribution in [0.25, 0.3) is 10.9 Å². The van der Waals surface area contributed by atoms with E-state index >= 15 is 0 Å². The highest BCUT2D eigenvalue weighted by Gasteiger charge is 2.13. The third-order valence-corrected chi connectivity index (χ3v) is 5.15. The van der Waals surface area contributed by atoms with Gasteiger partial charge >= 0.3 is 0 Å². The number of nitriles is 1. The molecule has 0 saturated carbocycles. The van der Waals surface area contributed by atoms with Gasteiger partial charge in [0.2, 0.25) is 0 Å². The Morgan fingerprint density at radius 1 is 1.14 bits per heavy atom. The van der Waals surface area contributed by atoms with Crippen molar-refractivity contribution in [1.29, 1.82) is 5.26 Å². The Morgan fingerprint density at radius 3 is 2.45 bits per heavy atom. The molecule has 3 rings (SSSR count). The Labute approximate surface area is 172 Å². The lowest BCUT2D eigenvalue weighted by molar-refractivity contribution is 0.0773. The SMILES string of the molecule is CCN(CC)C(=O)c1ccc(CNc2c(C#N)cnc3c(C)cc(C)cc23)cc1. The number of nitrogens with zero attached hydrogens (tertiary/aromatic N) is 3. The molecular weight excluding hydrogens is 360 g/mol. The summed E-state index contributed by atoms with van der Waals surface area (Å²) >= 11 is 0. The summed E-state index contributed by atoms with van der Waals surface area (Å²) in [7, 11) is 0. The average Bonchev–Trinajstić information content (AvgIpc) is 2.73. The van der Waals surface area contributed by atoms with E-state index in [9.17, 15) is 10.1 Å². The fourth-order valence-electron chi connectivity index (χ4n) is 3.58. The predicted molar refractivity (Wildman–Crippen MR) is 117 cm³/mol. The molecule has 0 bridgehead atoms. The van der Waals surface area contributed by atoms with Gasteiger partial charge in [0, 0.05) is 36.8 Å².